The Morgan fingerprint density at radius 2 is 1.72 bits per heavy atom. The number of amides is 1. The highest BCUT2D eigenvalue weighted by atomic mass is 16.7. The van der Waals surface area contributed by atoms with Gasteiger partial charge in [-0.05, 0) is 69.3 Å². The van der Waals surface area contributed by atoms with Gasteiger partial charge in [-0.15, -0.1) is 0 Å². The lowest BCUT2D eigenvalue weighted by Crippen LogP contribution is -2.69. The zero-order valence-electron chi connectivity index (χ0n) is 25.1. The molecule has 0 radical (unpaired) electrons. The van der Waals surface area contributed by atoms with Gasteiger partial charge in [-0.3, -0.25) is 14.6 Å². The molecule has 0 saturated carbocycles. The number of likely N-dealkylation sites (N-methyl/N-ethyl adjacent to an activating group) is 1. The normalized spacial score (nSPS) is 25.6. The van der Waals surface area contributed by atoms with Gasteiger partial charge < -0.3 is 30.1 Å². The zero-order chi connectivity index (χ0) is 30.2. The van der Waals surface area contributed by atoms with Crippen LogP contribution in [-0.2, 0) is 24.1 Å². The van der Waals surface area contributed by atoms with Gasteiger partial charge in [-0.1, -0.05) is 36.4 Å². The average molecular weight is 586 g/mol. The Kier molecular flexibility index (Phi) is 6.80. The van der Waals surface area contributed by atoms with Crippen LogP contribution in [0.2, 0.25) is 0 Å². The maximum absolute atomic E-state index is 13.2. The summed E-state index contributed by atoms with van der Waals surface area (Å²) in [6.07, 6.45) is 1.12. The molecule has 3 aromatic carbocycles. The Hall–Kier alpha value is -3.79. The van der Waals surface area contributed by atoms with Crippen molar-refractivity contribution in [1.82, 2.24) is 15.1 Å². The highest BCUT2D eigenvalue weighted by molar-refractivity contribution is 5.76. The highest BCUT2D eigenvalue weighted by Crippen LogP contribution is 2.57. The summed E-state index contributed by atoms with van der Waals surface area (Å²) in [7, 11) is 2.01. The fourth-order valence-electron chi connectivity index (χ4n) is 7.92. The second kappa shape index (κ2) is 10.4. The topological polar surface area (TPSA) is 115 Å². The lowest BCUT2D eigenvalue weighted by atomic mass is 9.73. The number of hydrogen-bond donors (Lipinski definition) is 4. The van der Waals surface area contributed by atoms with E-state index in [0.29, 0.717) is 48.5 Å². The van der Waals surface area contributed by atoms with Gasteiger partial charge in [0, 0.05) is 41.3 Å². The van der Waals surface area contributed by atoms with Crippen molar-refractivity contribution in [3.05, 3.63) is 80.9 Å². The number of aromatic hydroxyl groups is 2. The lowest BCUT2D eigenvalue weighted by molar-refractivity contribution is -0.172. The van der Waals surface area contributed by atoms with E-state index < -0.39 is 12.3 Å². The molecular formula is C34H39N3O6. The number of piperazine rings is 1. The summed E-state index contributed by atoms with van der Waals surface area (Å²) in [5.41, 5.74) is 7.01. The molecule has 4 aliphatic rings. The van der Waals surface area contributed by atoms with Gasteiger partial charge in [0.05, 0.1) is 18.1 Å². The number of carbonyl (C=O) groups excluding carboxylic acids is 1. The van der Waals surface area contributed by atoms with E-state index >= 15 is 0 Å². The maximum Gasteiger partial charge on any atom is 0.231 e. The van der Waals surface area contributed by atoms with Crippen LogP contribution in [0, 0.1) is 20.8 Å². The summed E-state index contributed by atoms with van der Waals surface area (Å²) in [5, 5.41) is 38.2. The van der Waals surface area contributed by atoms with E-state index in [4.69, 9.17) is 9.47 Å². The van der Waals surface area contributed by atoms with Gasteiger partial charge in [0.15, 0.2) is 11.5 Å². The number of phenols is 2. The molecule has 0 aliphatic carbocycles. The third-order valence-corrected chi connectivity index (χ3v) is 10.3. The molecule has 2 bridgehead atoms. The number of aliphatic hydroxyl groups excluding tert-OH is 1. The molecule has 4 N–H and O–H groups in total. The molecule has 226 valence electrons. The predicted octanol–water partition coefficient (Wildman–Crippen LogP) is 3.70. The van der Waals surface area contributed by atoms with Crippen LogP contribution >= 0.6 is 0 Å². The molecule has 9 heteroatoms. The standard InChI is InChI=1S/C34H39N3O6/c1-17-12-21-13-24-34(41)37-23(29(36(24)4)27(21)31(40)18(17)2)14-22-28(33-32(42-16-43-33)19(3)30(22)39)25(37)15-35-26(38)11-10-20-8-6-5-7-9-20/h5-9,12,23-25,29,34,39-41H,10-11,13-16H2,1-4H3,(H,35,38)/t23?,24-,25-,29-,34-/m0/s1. The molecule has 1 unspecified atom stereocenters. The molecule has 4 aliphatic heterocycles. The highest BCUT2D eigenvalue weighted by Gasteiger charge is 2.56. The molecular weight excluding hydrogens is 546 g/mol. The second-order valence-corrected chi connectivity index (χ2v) is 12.5. The van der Waals surface area contributed by atoms with Gasteiger partial charge in [0.25, 0.3) is 0 Å². The predicted molar refractivity (Wildman–Crippen MR) is 160 cm³/mol. The summed E-state index contributed by atoms with van der Waals surface area (Å²) < 4.78 is 11.8. The van der Waals surface area contributed by atoms with E-state index in [0.717, 1.165) is 38.9 Å². The van der Waals surface area contributed by atoms with Crippen molar-refractivity contribution >= 4 is 5.91 Å². The summed E-state index contributed by atoms with van der Waals surface area (Å²) in [4.78, 5) is 17.4. The van der Waals surface area contributed by atoms with Crippen molar-refractivity contribution in [3.8, 4) is 23.0 Å². The minimum atomic E-state index is -0.857. The molecule has 7 rings (SSSR count). The number of nitrogens with zero attached hydrogens (tertiary/aromatic N) is 2. The Morgan fingerprint density at radius 3 is 2.49 bits per heavy atom. The van der Waals surface area contributed by atoms with Gasteiger partial charge in [-0.25, -0.2) is 0 Å². The van der Waals surface area contributed by atoms with Gasteiger partial charge in [-0.2, -0.15) is 0 Å². The molecule has 1 amide bonds. The first-order valence-electron chi connectivity index (χ1n) is 15.1. The molecule has 43 heavy (non-hydrogen) atoms. The quantitative estimate of drug-likeness (QED) is 0.359. The Morgan fingerprint density at radius 1 is 0.977 bits per heavy atom. The Bertz CT molecular complexity index is 1610. The first-order valence-corrected chi connectivity index (χ1v) is 15.1. The largest absolute Gasteiger partial charge is 0.507 e. The third kappa shape index (κ3) is 4.28. The first-order chi connectivity index (χ1) is 20.7. The third-order valence-electron chi connectivity index (χ3n) is 10.3. The number of rotatable bonds is 5. The molecule has 9 nitrogen and oxygen atoms in total. The van der Waals surface area contributed by atoms with E-state index in [-0.39, 0.29) is 43.1 Å². The van der Waals surface area contributed by atoms with Crippen molar-refractivity contribution < 1.29 is 29.6 Å². The van der Waals surface area contributed by atoms with Crippen LogP contribution in [0.1, 0.15) is 63.0 Å². The van der Waals surface area contributed by atoms with Crippen molar-refractivity contribution in [2.24, 2.45) is 0 Å². The number of nitrogens with one attached hydrogen (secondary N) is 1. The van der Waals surface area contributed by atoms with Crippen molar-refractivity contribution in [3.63, 3.8) is 0 Å². The smallest absolute Gasteiger partial charge is 0.231 e. The number of phenolic OH excluding ortho intramolecular Hbond substituents is 2. The molecule has 0 spiro atoms. The molecule has 0 aromatic heterocycles. The van der Waals surface area contributed by atoms with Crippen LogP contribution in [0.25, 0.3) is 0 Å². The monoisotopic (exact) mass is 585 g/mol. The van der Waals surface area contributed by atoms with E-state index in [1.807, 2.05) is 58.2 Å². The lowest BCUT2D eigenvalue weighted by Gasteiger charge is -2.60. The van der Waals surface area contributed by atoms with E-state index in [1.165, 1.54) is 0 Å². The molecule has 3 aromatic rings. The van der Waals surface area contributed by atoms with Crippen LogP contribution in [0.15, 0.2) is 36.4 Å². The summed E-state index contributed by atoms with van der Waals surface area (Å²) in [5.74, 6) is 1.44. The van der Waals surface area contributed by atoms with Crippen LogP contribution in [0.3, 0.4) is 0 Å². The van der Waals surface area contributed by atoms with Crippen LogP contribution < -0.4 is 14.8 Å². The first kappa shape index (κ1) is 28.0. The molecule has 1 fully saturated rings. The maximum atomic E-state index is 13.2. The van der Waals surface area contributed by atoms with Crippen molar-refractivity contribution in [2.75, 3.05) is 20.4 Å². The molecule has 4 heterocycles. The van der Waals surface area contributed by atoms with Crippen LogP contribution in [0.5, 0.6) is 23.0 Å². The van der Waals surface area contributed by atoms with Crippen molar-refractivity contribution in [1.29, 1.82) is 0 Å². The SMILES string of the molecule is Cc1cc2c(c(O)c1C)[C@@H]1C3Cc4c(O)c(C)c5c(c4[C@H](CNC(=O)CCc4ccccc4)N3[C@@H](O)[C@H](C2)N1C)OCO5. The number of aliphatic hydroxyl groups is 1. The molecule has 5 atom stereocenters. The van der Waals surface area contributed by atoms with E-state index in [2.05, 4.69) is 21.2 Å². The number of benzene rings is 3. The number of aryl methyl sites for hydroxylation is 2. The van der Waals surface area contributed by atoms with Gasteiger partial charge in [0.1, 0.15) is 17.7 Å². The second-order valence-electron chi connectivity index (χ2n) is 12.5. The fourth-order valence-corrected chi connectivity index (χ4v) is 7.92. The summed E-state index contributed by atoms with van der Waals surface area (Å²) >= 11 is 0. The van der Waals surface area contributed by atoms with Crippen LogP contribution in [-0.4, -0.2) is 69.7 Å². The zero-order valence-corrected chi connectivity index (χ0v) is 25.1. The fraction of sp³-hybridized carbons (Fsp3) is 0.441. The van der Waals surface area contributed by atoms with E-state index in [9.17, 15) is 20.1 Å². The molecule has 1 saturated heterocycles. The minimum Gasteiger partial charge on any atom is -0.507 e. The summed E-state index contributed by atoms with van der Waals surface area (Å²) in [6.45, 7) is 6.03. The number of hydrogen-bond acceptors (Lipinski definition) is 8. The van der Waals surface area contributed by atoms with Gasteiger partial charge in [0.2, 0.25) is 12.7 Å². The van der Waals surface area contributed by atoms with Crippen molar-refractivity contribution in [2.45, 2.75) is 76.8 Å². The Balaban J connectivity index is 1.30. The number of carbonyl (C=O) groups is 1. The average Bonchev–Trinajstić information content (AvgIpc) is 3.49. The number of fused-ring (bicyclic) bond motifs is 9. The summed E-state index contributed by atoms with van der Waals surface area (Å²) in [6, 6.07) is 10.8. The van der Waals surface area contributed by atoms with E-state index in [1.54, 1.807) is 0 Å². The number of ether oxygens (including phenoxy) is 2. The minimum absolute atomic E-state index is 0.0437. The van der Waals surface area contributed by atoms with Crippen LogP contribution in [0.4, 0.5) is 0 Å². The van der Waals surface area contributed by atoms with Gasteiger partial charge >= 0.3 is 0 Å². The Labute approximate surface area is 251 Å².